The van der Waals surface area contributed by atoms with E-state index in [-0.39, 0.29) is 0 Å². The Balaban J connectivity index is 1.70. The maximum Gasteiger partial charge on any atom is 0.338 e. The molecule has 3 rings (SSSR count). The number of aromatic nitrogens is 2. The first-order chi connectivity index (χ1) is 12.9. The van der Waals surface area contributed by atoms with Crippen molar-refractivity contribution in [1.82, 2.24) is 10.2 Å². The number of aryl methyl sites for hydroxylation is 1. The summed E-state index contributed by atoms with van der Waals surface area (Å²) in [6.07, 6.45) is 0.651. The highest BCUT2D eigenvalue weighted by molar-refractivity contribution is 6.31. The van der Waals surface area contributed by atoms with Crippen molar-refractivity contribution in [2.24, 2.45) is 0 Å². The molecule has 0 radical (unpaired) electrons. The number of carbonyl (C=O) groups is 2. The summed E-state index contributed by atoms with van der Waals surface area (Å²) < 4.78 is 10.5. The number of anilines is 1. The van der Waals surface area contributed by atoms with Gasteiger partial charge in [-0.15, -0.1) is 0 Å². The summed E-state index contributed by atoms with van der Waals surface area (Å²) in [6, 6.07) is 8.31. The van der Waals surface area contributed by atoms with E-state index in [1.807, 2.05) is 6.92 Å². The van der Waals surface area contributed by atoms with Crippen LogP contribution in [0.5, 0.6) is 5.75 Å². The van der Waals surface area contributed by atoms with Gasteiger partial charge in [0.15, 0.2) is 6.10 Å². The maximum atomic E-state index is 12.4. The van der Waals surface area contributed by atoms with Gasteiger partial charge < -0.3 is 14.8 Å². The van der Waals surface area contributed by atoms with Gasteiger partial charge in [0, 0.05) is 16.5 Å². The fourth-order valence-corrected chi connectivity index (χ4v) is 2.66. The second kappa shape index (κ2) is 7.67. The van der Waals surface area contributed by atoms with Crippen LogP contribution >= 0.6 is 11.6 Å². The van der Waals surface area contributed by atoms with Gasteiger partial charge in [0.2, 0.25) is 0 Å². The average Bonchev–Trinajstić information content (AvgIpc) is 3.12. The number of halogens is 1. The number of nitrogens with zero attached hydrogens (tertiary/aromatic N) is 1. The number of esters is 1. The van der Waals surface area contributed by atoms with Crippen LogP contribution in [0.2, 0.25) is 5.02 Å². The minimum Gasteiger partial charge on any atom is -0.495 e. The van der Waals surface area contributed by atoms with E-state index in [0.717, 1.165) is 10.9 Å². The fourth-order valence-electron chi connectivity index (χ4n) is 2.51. The predicted molar refractivity (Wildman–Crippen MR) is 102 cm³/mol. The van der Waals surface area contributed by atoms with Crippen molar-refractivity contribution in [1.29, 1.82) is 0 Å². The molecule has 0 bridgehead atoms. The van der Waals surface area contributed by atoms with Gasteiger partial charge in [0.25, 0.3) is 5.91 Å². The molecule has 27 heavy (non-hydrogen) atoms. The minimum absolute atomic E-state index is 0.325. The molecule has 0 aliphatic carbocycles. The highest BCUT2D eigenvalue weighted by Gasteiger charge is 2.21. The number of hydrogen-bond donors (Lipinski definition) is 2. The Kier molecular flexibility index (Phi) is 5.32. The number of methoxy groups -OCH3 is 1. The number of carbonyl (C=O) groups excluding carboxylic acids is 2. The number of aromatic amines is 1. The lowest BCUT2D eigenvalue weighted by Gasteiger charge is -2.16. The monoisotopic (exact) mass is 387 g/mol. The zero-order valence-corrected chi connectivity index (χ0v) is 15.8. The normalized spacial score (nSPS) is 11.9. The third-order valence-electron chi connectivity index (χ3n) is 4.07. The molecule has 0 aliphatic rings. The second-order valence-corrected chi connectivity index (χ2v) is 6.42. The van der Waals surface area contributed by atoms with Crippen LogP contribution in [0.1, 0.15) is 22.8 Å². The summed E-state index contributed by atoms with van der Waals surface area (Å²) in [4.78, 5) is 24.7. The number of rotatable bonds is 5. The third-order valence-corrected chi connectivity index (χ3v) is 4.48. The zero-order chi connectivity index (χ0) is 19.6. The summed E-state index contributed by atoms with van der Waals surface area (Å²) in [7, 11) is 1.48. The molecule has 0 saturated carbocycles. The van der Waals surface area contributed by atoms with E-state index in [2.05, 4.69) is 15.5 Å². The largest absolute Gasteiger partial charge is 0.495 e. The van der Waals surface area contributed by atoms with Gasteiger partial charge in [-0.05, 0) is 37.6 Å². The van der Waals surface area contributed by atoms with E-state index in [4.69, 9.17) is 21.1 Å². The van der Waals surface area contributed by atoms with Crippen LogP contribution in [0.4, 0.5) is 5.69 Å². The van der Waals surface area contributed by atoms with Gasteiger partial charge in [-0.1, -0.05) is 17.7 Å². The van der Waals surface area contributed by atoms with Crippen LogP contribution in [0.15, 0.2) is 36.5 Å². The molecule has 0 saturated heterocycles. The summed E-state index contributed by atoms with van der Waals surface area (Å²) >= 11 is 6.06. The smallest absolute Gasteiger partial charge is 0.338 e. The number of H-pyrrole nitrogens is 1. The minimum atomic E-state index is -1.00. The highest BCUT2D eigenvalue weighted by Crippen LogP contribution is 2.31. The number of benzene rings is 2. The van der Waals surface area contributed by atoms with Crippen molar-refractivity contribution in [3.63, 3.8) is 0 Å². The number of hydrogen-bond acceptors (Lipinski definition) is 5. The van der Waals surface area contributed by atoms with Crippen LogP contribution in [0, 0.1) is 6.92 Å². The molecule has 7 nitrogen and oxygen atoms in total. The van der Waals surface area contributed by atoms with E-state index in [0.29, 0.717) is 27.5 Å². The number of fused-ring (bicyclic) bond motifs is 1. The number of ether oxygens (including phenoxy) is 2. The topological polar surface area (TPSA) is 93.3 Å². The Morgan fingerprint density at radius 1 is 1.26 bits per heavy atom. The molecule has 3 aromatic rings. The lowest BCUT2D eigenvalue weighted by atomic mass is 10.1. The first-order valence-electron chi connectivity index (χ1n) is 8.18. The molecular formula is C19H18ClN3O4. The molecule has 2 aromatic carbocycles. The van der Waals surface area contributed by atoms with Crippen molar-refractivity contribution >= 4 is 40.1 Å². The van der Waals surface area contributed by atoms with E-state index in [1.54, 1.807) is 36.5 Å². The molecule has 1 amide bonds. The second-order valence-electron chi connectivity index (χ2n) is 6.01. The molecule has 8 heteroatoms. The lowest BCUT2D eigenvalue weighted by Crippen LogP contribution is -2.30. The molecular weight excluding hydrogens is 370 g/mol. The SMILES string of the molecule is COc1cc(Cl)c(C)cc1NC(=O)C(C)OC(=O)c1ccc2cn[nH]c2c1. The van der Waals surface area contributed by atoms with Crippen molar-refractivity contribution in [2.45, 2.75) is 20.0 Å². The van der Waals surface area contributed by atoms with E-state index in [9.17, 15) is 9.59 Å². The Labute approximate surface area is 160 Å². The molecule has 1 heterocycles. The predicted octanol–water partition coefficient (Wildman–Crippen LogP) is 3.72. The van der Waals surface area contributed by atoms with Crippen molar-refractivity contribution in [3.05, 3.63) is 52.7 Å². The lowest BCUT2D eigenvalue weighted by molar-refractivity contribution is -0.123. The van der Waals surface area contributed by atoms with Crippen LogP contribution in [0.3, 0.4) is 0 Å². The molecule has 0 aliphatic heterocycles. The zero-order valence-electron chi connectivity index (χ0n) is 15.0. The van der Waals surface area contributed by atoms with Crippen molar-refractivity contribution in [2.75, 3.05) is 12.4 Å². The Hall–Kier alpha value is -3.06. The van der Waals surface area contributed by atoms with E-state index < -0.39 is 18.0 Å². The van der Waals surface area contributed by atoms with Gasteiger partial charge in [-0.3, -0.25) is 9.89 Å². The number of nitrogens with one attached hydrogen (secondary N) is 2. The molecule has 1 unspecified atom stereocenters. The highest BCUT2D eigenvalue weighted by atomic mass is 35.5. The molecule has 2 N–H and O–H groups in total. The molecule has 140 valence electrons. The molecule has 0 spiro atoms. The van der Waals surface area contributed by atoms with Gasteiger partial charge >= 0.3 is 5.97 Å². The first kappa shape index (κ1) is 18.7. The third kappa shape index (κ3) is 4.03. The van der Waals surface area contributed by atoms with Crippen molar-refractivity contribution in [3.8, 4) is 5.75 Å². The molecule has 1 atom stereocenters. The Bertz CT molecular complexity index is 1020. The maximum absolute atomic E-state index is 12.4. The standard InChI is InChI=1S/C19H18ClN3O4/c1-10-6-16(17(26-3)8-14(10)20)22-18(24)11(2)27-19(25)12-4-5-13-9-21-23-15(13)7-12/h4-9,11H,1-3H3,(H,21,23)(H,22,24). The van der Waals surface area contributed by atoms with Gasteiger partial charge in [-0.2, -0.15) is 5.10 Å². The van der Waals surface area contributed by atoms with E-state index >= 15 is 0 Å². The van der Waals surface area contributed by atoms with E-state index in [1.165, 1.54) is 14.0 Å². The Morgan fingerprint density at radius 3 is 2.78 bits per heavy atom. The average molecular weight is 388 g/mol. The van der Waals surface area contributed by atoms with Crippen LogP contribution in [-0.2, 0) is 9.53 Å². The summed E-state index contributed by atoms with van der Waals surface area (Å²) in [5.41, 5.74) is 2.27. The summed E-state index contributed by atoms with van der Waals surface area (Å²) in [5, 5.41) is 10.8. The van der Waals surface area contributed by atoms with Crippen LogP contribution < -0.4 is 10.1 Å². The first-order valence-corrected chi connectivity index (χ1v) is 8.56. The number of amides is 1. The van der Waals surface area contributed by atoms with Crippen LogP contribution in [0.25, 0.3) is 10.9 Å². The summed E-state index contributed by atoms with van der Waals surface area (Å²) in [5.74, 6) is -0.665. The van der Waals surface area contributed by atoms with Gasteiger partial charge in [0.1, 0.15) is 5.75 Å². The van der Waals surface area contributed by atoms with Crippen LogP contribution in [-0.4, -0.2) is 35.3 Å². The molecule has 1 aromatic heterocycles. The van der Waals surface area contributed by atoms with Gasteiger partial charge in [0.05, 0.1) is 30.1 Å². The quantitative estimate of drug-likeness (QED) is 0.651. The summed E-state index contributed by atoms with van der Waals surface area (Å²) in [6.45, 7) is 3.31. The molecule has 0 fully saturated rings. The van der Waals surface area contributed by atoms with Crippen molar-refractivity contribution < 1.29 is 19.1 Å². The van der Waals surface area contributed by atoms with Gasteiger partial charge in [-0.25, -0.2) is 4.79 Å². The fraction of sp³-hybridized carbons (Fsp3) is 0.211. The Morgan fingerprint density at radius 2 is 2.04 bits per heavy atom.